The van der Waals surface area contributed by atoms with Gasteiger partial charge in [-0.2, -0.15) is 0 Å². The molecule has 7 nitrogen and oxygen atoms in total. The number of nitrogen functional groups attached to an aromatic ring is 2. The lowest BCUT2D eigenvalue weighted by Crippen LogP contribution is -2.10. The van der Waals surface area contributed by atoms with Gasteiger partial charge < -0.3 is 21.6 Å². The van der Waals surface area contributed by atoms with E-state index in [-0.39, 0.29) is 22.2 Å². The van der Waals surface area contributed by atoms with E-state index in [0.29, 0.717) is 4.90 Å². The minimum absolute atomic E-state index is 0.0371. The number of aromatic nitrogens is 2. The van der Waals surface area contributed by atoms with Gasteiger partial charge in [0, 0.05) is 11.8 Å². The van der Waals surface area contributed by atoms with Crippen LogP contribution in [-0.2, 0) is 0 Å². The number of carboxylic acid groups (broad SMARTS) is 1. The van der Waals surface area contributed by atoms with Crippen molar-refractivity contribution in [1.82, 2.24) is 9.97 Å². The summed E-state index contributed by atoms with van der Waals surface area (Å²) >= 11 is 0.945. The third-order valence-electron chi connectivity index (χ3n) is 2.21. The molecule has 0 aliphatic heterocycles. The normalized spacial score (nSPS) is 10.3. The molecular weight excluding hydrogens is 268 g/mol. The molecule has 0 saturated heterocycles. The van der Waals surface area contributed by atoms with Crippen molar-refractivity contribution >= 4 is 29.2 Å². The van der Waals surface area contributed by atoms with E-state index in [0.717, 1.165) is 17.8 Å². The first kappa shape index (κ1) is 13.0. The average molecular weight is 278 g/mol. The molecule has 8 heteroatoms. The van der Waals surface area contributed by atoms with Crippen LogP contribution < -0.4 is 17.0 Å². The maximum Gasteiger partial charge on any atom is 0.336 e. The molecule has 6 N–H and O–H groups in total. The minimum atomic E-state index is -1.11. The molecule has 0 atom stereocenters. The summed E-state index contributed by atoms with van der Waals surface area (Å²) in [7, 11) is 0. The topological polar surface area (TPSA) is 135 Å². The van der Waals surface area contributed by atoms with Gasteiger partial charge in [0.15, 0.2) is 5.16 Å². The van der Waals surface area contributed by atoms with Crippen LogP contribution in [0.15, 0.2) is 39.1 Å². The lowest BCUT2D eigenvalue weighted by molar-refractivity contribution is 0.0693. The number of H-pyrrole nitrogens is 1. The molecule has 19 heavy (non-hydrogen) atoms. The molecule has 0 saturated carbocycles. The Morgan fingerprint density at radius 2 is 2.11 bits per heavy atom. The lowest BCUT2D eigenvalue weighted by Gasteiger charge is -2.08. The number of anilines is 2. The molecule has 0 radical (unpaired) electrons. The number of nitrogens with zero attached hydrogens (tertiary/aromatic N) is 1. The summed E-state index contributed by atoms with van der Waals surface area (Å²) in [5, 5.41) is 9.28. The molecular formula is C11H10N4O3S. The van der Waals surface area contributed by atoms with Crippen LogP contribution in [-0.4, -0.2) is 21.0 Å². The van der Waals surface area contributed by atoms with Gasteiger partial charge in [-0.25, -0.2) is 9.78 Å². The van der Waals surface area contributed by atoms with Crippen molar-refractivity contribution in [2.45, 2.75) is 10.1 Å². The van der Waals surface area contributed by atoms with Crippen molar-refractivity contribution < 1.29 is 9.90 Å². The fourth-order valence-electron chi connectivity index (χ4n) is 1.44. The lowest BCUT2D eigenvalue weighted by atomic mass is 10.2. The van der Waals surface area contributed by atoms with Crippen molar-refractivity contribution in [2.24, 2.45) is 0 Å². The number of hydrogen-bond acceptors (Lipinski definition) is 6. The van der Waals surface area contributed by atoms with Gasteiger partial charge in [-0.05, 0) is 23.9 Å². The Labute approximate surface area is 111 Å². The highest BCUT2D eigenvalue weighted by Crippen LogP contribution is 2.32. The van der Waals surface area contributed by atoms with E-state index in [2.05, 4.69) is 9.97 Å². The van der Waals surface area contributed by atoms with E-state index < -0.39 is 11.5 Å². The van der Waals surface area contributed by atoms with Crippen molar-refractivity contribution in [3.8, 4) is 0 Å². The Hall–Kier alpha value is -2.48. The third kappa shape index (κ3) is 2.86. The SMILES string of the molecule is Nc1cc(=O)[nH]c(Sc2c(N)cccc2C(=O)O)n1. The standard InChI is InChI=1S/C11H10N4O3S/c12-6-3-1-2-5(10(17)18)9(6)19-11-14-7(13)4-8(16)15-11/h1-4H,12H2,(H,17,18)(H3,13,14,15,16). The van der Waals surface area contributed by atoms with E-state index >= 15 is 0 Å². The first-order valence-electron chi connectivity index (χ1n) is 5.14. The predicted molar refractivity (Wildman–Crippen MR) is 71.2 cm³/mol. The molecule has 2 aromatic rings. The highest BCUT2D eigenvalue weighted by atomic mass is 32.2. The van der Waals surface area contributed by atoms with Crippen molar-refractivity contribution in [2.75, 3.05) is 11.5 Å². The van der Waals surface area contributed by atoms with Gasteiger partial charge in [-0.15, -0.1) is 0 Å². The van der Waals surface area contributed by atoms with Crippen LogP contribution in [0.5, 0.6) is 0 Å². The molecule has 0 aliphatic carbocycles. The summed E-state index contributed by atoms with van der Waals surface area (Å²) in [5.74, 6) is -1.06. The molecule has 1 aromatic heterocycles. The van der Waals surface area contributed by atoms with E-state index in [4.69, 9.17) is 16.6 Å². The zero-order valence-corrected chi connectivity index (χ0v) is 10.4. The van der Waals surface area contributed by atoms with Gasteiger partial charge in [-0.1, -0.05) is 6.07 Å². The average Bonchev–Trinajstić information content (AvgIpc) is 2.30. The third-order valence-corrected chi connectivity index (χ3v) is 3.26. The summed E-state index contributed by atoms with van der Waals surface area (Å²) in [5.41, 5.74) is 11.1. The first-order valence-corrected chi connectivity index (χ1v) is 5.95. The second kappa shape index (κ2) is 5.02. The largest absolute Gasteiger partial charge is 0.478 e. The number of benzene rings is 1. The van der Waals surface area contributed by atoms with Gasteiger partial charge in [-0.3, -0.25) is 4.79 Å². The van der Waals surface area contributed by atoms with Crippen LogP contribution in [0.25, 0.3) is 0 Å². The second-order valence-corrected chi connectivity index (χ2v) is 4.61. The number of rotatable bonds is 3. The van der Waals surface area contributed by atoms with Gasteiger partial charge in [0.25, 0.3) is 5.56 Å². The summed E-state index contributed by atoms with van der Waals surface area (Å²) in [4.78, 5) is 29.1. The predicted octanol–water partition coefficient (Wildman–Crippen LogP) is 0.784. The summed E-state index contributed by atoms with van der Waals surface area (Å²) < 4.78 is 0. The van der Waals surface area contributed by atoms with Crippen molar-refractivity contribution in [3.63, 3.8) is 0 Å². The van der Waals surface area contributed by atoms with E-state index in [9.17, 15) is 9.59 Å². The van der Waals surface area contributed by atoms with Crippen LogP contribution in [0.4, 0.5) is 11.5 Å². The number of aromatic amines is 1. The molecule has 0 unspecified atom stereocenters. The maximum absolute atomic E-state index is 11.3. The summed E-state index contributed by atoms with van der Waals surface area (Å²) in [6.45, 7) is 0. The van der Waals surface area contributed by atoms with Crippen LogP contribution in [0.2, 0.25) is 0 Å². The van der Waals surface area contributed by atoms with E-state index in [1.165, 1.54) is 6.07 Å². The quantitative estimate of drug-likeness (QED) is 0.481. The van der Waals surface area contributed by atoms with Gasteiger partial charge in [0.2, 0.25) is 0 Å². The fraction of sp³-hybridized carbons (Fsp3) is 0. The van der Waals surface area contributed by atoms with Gasteiger partial charge in [0.05, 0.1) is 10.5 Å². The Bertz CT molecular complexity index is 699. The molecule has 0 bridgehead atoms. The van der Waals surface area contributed by atoms with Crippen LogP contribution in [0, 0.1) is 0 Å². The molecule has 1 aromatic carbocycles. The smallest absolute Gasteiger partial charge is 0.336 e. The van der Waals surface area contributed by atoms with Crippen LogP contribution in [0.1, 0.15) is 10.4 Å². The Balaban J connectivity index is 2.48. The first-order chi connectivity index (χ1) is 8.97. The highest BCUT2D eigenvalue weighted by Gasteiger charge is 2.15. The molecule has 0 fully saturated rings. The molecule has 2 rings (SSSR count). The number of carbonyl (C=O) groups is 1. The zero-order chi connectivity index (χ0) is 14.0. The molecule has 0 spiro atoms. The number of hydrogen-bond donors (Lipinski definition) is 4. The monoisotopic (exact) mass is 278 g/mol. The van der Waals surface area contributed by atoms with Crippen molar-refractivity contribution in [1.29, 1.82) is 0 Å². The summed E-state index contributed by atoms with van der Waals surface area (Å²) in [6, 6.07) is 5.67. The van der Waals surface area contributed by atoms with Crippen molar-refractivity contribution in [3.05, 3.63) is 40.2 Å². The van der Waals surface area contributed by atoms with Gasteiger partial charge >= 0.3 is 5.97 Å². The maximum atomic E-state index is 11.3. The fourth-order valence-corrected chi connectivity index (χ4v) is 2.38. The number of nitrogens with two attached hydrogens (primary N) is 2. The Kier molecular flexibility index (Phi) is 3.43. The molecule has 0 amide bonds. The molecule has 1 heterocycles. The Morgan fingerprint density at radius 3 is 2.74 bits per heavy atom. The van der Waals surface area contributed by atoms with E-state index in [1.54, 1.807) is 12.1 Å². The molecule has 98 valence electrons. The minimum Gasteiger partial charge on any atom is -0.478 e. The number of carboxylic acids is 1. The second-order valence-electron chi connectivity index (χ2n) is 3.61. The molecule has 0 aliphatic rings. The van der Waals surface area contributed by atoms with Crippen LogP contribution in [0.3, 0.4) is 0 Å². The number of aromatic carboxylic acids is 1. The zero-order valence-electron chi connectivity index (χ0n) is 9.58. The van der Waals surface area contributed by atoms with E-state index in [1.807, 2.05) is 0 Å². The highest BCUT2D eigenvalue weighted by molar-refractivity contribution is 7.99. The van der Waals surface area contributed by atoms with Crippen LogP contribution >= 0.6 is 11.8 Å². The number of nitrogens with one attached hydrogen (secondary N) is 1. The van der Waals surface area contributed by atoms with Gasteiger partial charge in [0.1, 0.15) is 5.82 Å². The summed E-state index contributed by atoms with van der Waals surface area (Å²) in [6.07, 6.45) is 0. The Morgan fingerprint density at radius 1 is 1.37 bits per heavy atom.